The molecule has 0 spiro atoms. The minimum Gasteiger partial charge on any atom is -0.338 e. The van der Waals surface area contributed by atoms with Gasteiger partial charge < -0.3 is 4.52 Å². The maximum absolute atomic E-state index is 11.9. The molecule has 0 aliphatic heterocycles. The summed E-state index contributed by atoms with van der Waals surface area (Å²) in [6.45, 7) is 5.48. The smallest absolute Gasteiger partial charge is 0.240 e. The lowest BCUT2D eigenvalue weighted by atomic mass is 10.4. The van der Waals surface area contributed by atoms with Crippen LogP contribution in [-0.2, 0) is 4.79 Å². The molecule has 2 aromatic rings. The van der Waals surface area contributed by atoms with Crippen LogP contribution in [-0.4, -0.2) is 26.5 Å². The highest BCUT2D eigenvalue weighted by Crippen LogP contribution is 2.26. The lowest BCUT2D eigenvalue weighted by Crippen LogP contribution is -2.22. The minimum atomic E-state index is -0.275. The van der Waals surface area contributed by atoms with E-state index in [0.717, 1.165) is 15.0 Å². The fraction of sp³-hybridized carbons (Fsp3) is 0.400. The Balaban J connectivity index is 1.92. The average Bonchev–Trinajstić information content (AvgIpc) is 2.88. The van der Waals surface area contributed by atoms with Crippen molar-refractivity contribution in [3.05, 3.63) is 16.8 Å². The van der Waals surface area contributed by atoms with Crippen LogP contribution in [0.5, 0.6) is 0 Å². The standard InChI is InChI=1S/C10H12N4O2S2/c1-5-4-8(16-14-5)11-9(15)6(2)17-10-13-12-7(3)18-10/h4,6H,1-3H3,(H,11,15)/t6-/m0/s1. The molecule has 0 fully saturated rings. The Morgan fingerprint density at radius 2 is 2.28 bits per heavy atom. The summed E-state index contributed by atoms with van der Waals surface area (Å²) < 4.78 is 5.70. The van der Waals surface area contributed by atoms with Crippen LogP contribution in [0.4, 0.5) is 5.88 Å². The maximum atomic E-state index is 11.9. The van der Waals surface area contributed by atoms with Gasteiger partial charge in [-0.3, -0.25) is 10.1 Å². The molecule has 96 valence electrons. The largest absolute Gasteiger partial charge is 0.338 e. The van der Waals surface area contributed by atoms with Gasteiger partial charge in [-0.15, -0.1) is 10.2 Å². The molecule has 0 saturated heterocycles. The third-order valence-electron chi connectivity index (χ3n) is 2.03. The zero-order valence-electron chi connectivity index (χ0n) is 10.1. The van der Waals surface area contributed by atoms with Gasteiger partial charge in [0.25, 0.3) is 0 Å². The SMILES string of the molecule is Cc1cc(NC(=O)[C@H](C)Sc2nnc(C)s2)on1. The van der Waals surface area contributed by atoms with Gasteiger partial charge in [0.2, 0.25) is 11.8 Å². The van der Waals surface area contributed by atoms with Crippen LogP contribution < -0.4 is 5.32 Å². The van der Waals surface area contributed by atoms with Crippen molar-refractivity contribution in [3.8, 4) is 0 Å². The van der Waals surface area contributed by atoms with Crippen molar-refractivity contribution in [2.75, 3.05) is 5.32 Å². The molecule has 2 heterocycles. The van der Waals surface area contributed by atoms with E-state index in [1.165, 1.54) is 23.1 Å². The number of amides is 1. The Morgan fingerprint density at radius 1 is 1.50 bits per heavy atom. The number of aromatic nitrogens is 3. The number of nitrogens with zero attached hydrogens (tertiary/aromatic N) is 3. The summed E-state index contributed by atoms with van der Waals surface area (Å²) in [5.41, 5.74) is 0.727. The van der Waals surface area contributed by atoms with E-state index in [1.54, 1.807) is 19.9 Å². The summed E-state index contributed by atoms with van der Waals surface area (Å²) in [4.78, 5) is 11.9. The first-order valence-corrected chi connectivity index (χ1v) is 6.95. The Morgan fingerprint density at radius 3 is 2.83 bits per heavy atom. The molecule has 0 bridgehead atoms. The number of carbonyl (C=O) groups excluding carboxylic acids is 1. The van der Waals surface area contributed by atoms with Crippen LogP contribution in [0.3, 0.4) is 0 Å². The van der Waals surface area contributed by atoms with Crippen LogP contribution >= 0.6 is 23.1 Å². The first-order chi connectivity index (χ1) is 8.54. The second-order valence-corrected chi connectivity index (χ2v) is 6.44. The van der Waals surface area contributed by atoms with Gasteiger partial charge >= 0.3 is 0 Å². The molecule has 18 heavy (non-hydrogen) atoms. The highest BCUT2D eigenvalue weighted by Gasteiger charge is 2.18. The van der Waals surface area contributed by atoms with Crippen molar-refractivity contribution in [1.82, 2.24) is 15.4 Å². The van der Waals surface area contributed by atoms with E-state index in [0.29, 0.717) is 5.88 Å². The van der Waals surface area contributed by atoms with Gasteiger partial charge in [0.1, 0.15) is 5.01 Å². The van der Waals surface area contributed by atoms with E-state index >= 15 is 0 Å². The van der Waals surface area contributed by atoms with Gasteiger partial charge in [-0.05, 0) is 20.8 Å². The zero-order valence-corrected chi connectivity index (χ0v) is 11.8. The number of hydrogen-bond donors (Lipinski definition) is 1. The maximum Gasteiger partial charge on any atom is 0.240 e. The third-order valence-corrected chi connectivity index (χ3v) is 4.05. The predicted octanol–water partition coefficient (Wildman–Crippen LogP) is 2.26. The van der Waals surface area contributed by atoms with Crippen LogP contribution in [0, 0.1) is 13.8 Å². The van der Waals surface area contributed by atoms with Gasteiger partial charge in [0.05, 0.1) is 10.9 Å². The van der Waals surface area contributed by atoms with Crippen molar-refractivity contribution in [2.45, 2.75) is 30.4 Å². The zero-order chi connectivity index (χ0) is 13.1. The fourth-order valence-corrected chi connectivity index (χ4v) is 3.14. The topological polar surface area (TPSA) is 80.9 Å². The molecule has 6 nitrogen and oxygen atoms in total. The van der Waals surface area contributed by atoms with Crippen LogP contribution in [0.1, 0.15) is 17.6 Å². The van der Waals surface area contributed by atoms with Gasteiger partial charge in [-0.1, -0.05) is 28.3 Å². The number of anilines is 1. The second kappa shape index (κ2) is 5.49. The predicted molar refractivity (Wildman–Crippen MR) is 69.8 cm³/mol. The highest BCUT2D eigenvalue weighted by molar-refractivity contribution is 8.02. The van der Waals surface area contributed by atoms with E-state index in [2.05, 4.69) is 20.7 Å². The van der Waals surface area contributed by atoms with E-state index in [9.17, 15) is 4.79 Å². The molecular weight excluding hydrogens is 272 g/mol. The number of rotatable bonds is 4. The van der Waals surface area contributed by atoms with E-state index in [4.69, 9.17) is 4.52 Å². The quantitative estimate of drug-likeness (QED) is 0.867. The Kier molecular flexibility index (Phi) is 3.97. The molecule has 8 heteroatoms. The molecular formula is C10H12N4O2S2. The number of thioether (sulfide) groups is 1. The number of carbonyl (C=O) groups is 1. The van der Waals surface area contributed by atoms with E-state index in [-0.39, 0.29) is 11.2 Å². The van der Waals surface area contributed by atoms with Crippen molar-refractivity contribution >= 4 is 34.9 Å². The summed E-state index contributed by atoms with van der Waals surface area (Å²) in [6, 6.07) is 1.67. The van der Waals surface area contributed by atoms with Gasteiger partial charge in [-0.2, -0.15) is 0 Å². The normalized spacial score (nSPS) is 12.4. The van der Waals surface area contributed by atoms with Gasteiger partial charge in [-0.25, -0.2) is 0 Å². The molecule has 2 rings (SSSR count). The molecule has 0 radical (unpaired) electrons. The Bertz CT molecular complexity index is 552. The molecule has 0 saturated carbocycles. The molecule has 0 aromatic carbocycles. The number of nitrogens with one attached hydrogen (secondary N) is 1. The fourth-order valence-electron chi connectivity index (χ4n) is 1.18. The van der Waals surface area contributed by atoms with Crippen molar-refractivity contribution in [2.24, 2.45) is 0 Å². The van der Waals surface area contributed by atoms with E-state index < -0.39 is 0 Å². The second-order valence-electron chi connectivity index (χ2n) is 3.67. The molecule has 1 N–H and O–H groups in total. The Labute approximate surface area is 112 Å². The first-order valence-electron chi connectivity index (χ1n) is 5.25. The highest BCUT2D eigenvalue weighted by atomic mass is 32.2. The number of hydrogen-bond acceptors (Lipinski definition) is 7. The van der Waals surface area contributed by atoms with Crippen molar-refractivity contribution < 1.29 is 9.32 Å². The van der Waals surface area contributed by atoms with Crippen LogP contribution in [0.15, 0.2) is 14.9 Å². The van der Waals surface area contributed by atoms with Crippen molar-refractivity contribution in [1.29, 1.82) is 0 Å². The van der Waals surface area contributed by atoms with E-state index in [1.807, 2.05) is 6.92 Å². The molecule has 2 aromatic heterocycles. The summed E-state index contributed by atoms with van der Waals surface area (Å²) in [5, 5.41) is 14.8. The molecule has 1 amide bonds. The van der Waals surface area contributed by atoms with Crippen LogP contribution in [0.25, 0.3) is 0 Å². The monoisotopic (exact) mass is 284 g/mol. The minimum absolute atomic E-state index is 0.149. The summed E-state index contributed by atoms with van der Waals surface area (Å²) in [6.07, 6.45) is 0. The summed E-state index contributed by atoms with van der Waals surface area (Å²) in [7, 11) is 0. The van der Waals surface area contributed by atoms with Crippen LogP contribution in [0.2, 0.25) is 0 Å². The van der Waals surface area contributed by atoms with Gasteiger partial charge in [0.15, 0.2) is 4.34 Å². The molecule has 1 atom stereocenters. The lowest BCUT2D eigenvalue weighted by Gasteiger charge is -2.07. The third kappa shape index (κ3) is 3.30. The van der Waals surface area contributed by atoms with Crippen molar-refractivity contribution in [3.63, 3.8) is 0 Å². The Hall–Kier alpha value is -1.41. The first kappa shape index (κ1) is 13.0. The molecule has 0 aliphatic carbocycles. The molecule has 0 aliphatic rings. The average molecular weight is 284 g/mol. The lowest BCUT2D eigenvalue weighted by molar-refractivity contribution is -0.115. The number of aryl methyl sites for hydroxylation is 2. The summed E-state index contributed by atoms with van der Waals surface area (Å²) in [5.74, 6) is 0.211. The summed E-state index contributed by atoms with van der Waals surface area (Å²) >= 11 is 2.84. The molecule has 0 unspecified atom stereocenters. The van der Waals surface area contributed by atoms with Gasteiger partial charge in [0, 0.05) is 6.07 Å².